The quantitative estimate of drug-likeness (QED) is 0.475. The van der Waals surface area contributed by atoms with Gasteiger partial charge in [-0.1, -0.05) is 6.58 Å². The molecule has 1 spiro atoms. The normalized spacial score (nSPS) is 28.4. The highest BCUT2D eigenvalue weighted by Gasteiger charge is 2.48. The highest BCUT2D eigenvalue weighted by Crippen LogP contribution is 2.55. The first-order valence-corrected chi connectivity index (χ1v) is 3.59. The van der Waals surface area contributed by atoms with Crippen molar-refractivity contribution in [3.63, 3.8) is 0 Å². The van der Waals surface area contributed by atoms with Crippen molar-refractivity contribution in [1.82, 2.24) is 0 Å². The molecule has 0 aromatic carbocycles. The van der Waals surface area contributed by atoms with Crippen molar-refractivity contribution in [1.29, 1.82) is 0 Å². The number of esters is 1. The number of ether oxygens (including phenoxy) is 1. The van der Waals surface area contributed by atoms with Crippen molar-refractivity contribution in [2.75, 3.05) is 0 Å². The van der Waals surface area contributed by atoms with Crippen molar-refractivity contribution >= 4 is 5.97 Å². The topological polar surface area (TPSA) is 26.3 Å². The van der Waals surface area contributed by atoms with Gasteiger partial charge in [0.05, 0.1) is 6.42 Å². The van der Waals surface area contributed by atoms with Crippen LogP contribution in [0.5, 0.6) is 0 Å². The number of allylic oxidation sites excluding steroid dienone is 1. The van der Waals surface area contributed by atoms with Gasteiger partial charge < -0.3 is 4.74 Å². The van der Waals surface area contributed by atoms with E-state index >= 15 is 0 Å². The second kappa shape index (κ2) is 1.62. The average molecular weight is 138 g/mol. The number of hydrogen-bond donors (Lipinski definition) is 0. The summed E-state index contributed by atoms with van der Waals surface area (Å²) in [4.78, 5) is 10.8. The lowest BCUT2D eigenvalue weighted by Crippen LogP contribution is -2.19. The maximum atomic E-state index is 10.8. The molecule has 2 nitrogen and oxygen atoms in total. The fourth-order valence-electron chi connectivity index (χ4n) is 1.55. The zero-order valence-electron chi connectivity index (χ0n) is 5.85. The average Bonchev–Trinajstić information content (AvgIpc) is 2.44. The molecule has 0 bridgehead atoms. The van der Waals surface area contributed by atoms with Gasteiger partial charge in [-0.15, -0.1) is 0 Å². The Morgan fingerprint density at radius 1 is 1.40 bits per heavy atom. The zero-order chi connectivity index (χ0) is 7.19. The molecule has 0 aromatic rings. The monoisotopic (exact) mass is 138 g/mol. The van der Waals surface area contributed by atoms with Gasteiger partial charge >= 0.3 is 5.97 Å². The molecule has 1 saturated carbocycles. The SMILES string of the molecule is C=C1CC2(CC2)CC(=O)O1. The fraction of sp³-hybridized carbons (Fsp3) is 0.625. The Morgan fingerprint density at radius 3 is 2.60 bits per heavy atom. The van der Waals surface area contributed by atoms with Crippen LogP contribution in [0.15, 0.2) is 12.3 Å². The molecular formula is C8H10O2. The Labute approximate surface area is 59.9 Å². The lowest BCUT2D eigenvalue weighted by atomic mass is 9.95. The molecule has 0 radical (unpaired) electrons. The van der Waals surface area contributed by atoms with Gasteiger partial charge in [0.25, 0.3) is 0 Å². The van der Waals surface area contributed by atoms with E-state index in [2.05, 4.69) is 6.58 Å². The van der Waals surface area contributed by atoms with Gasteiger partial charge in [0.1, 0.15) is 5.76 Å². The zero-order valence-corrected chi connectivity index (χ0v) is 5.85. The summed E-state index contributed by atoms with van der Waals surface area (Å²) < 4.78 is 4.83. The molecule has 1 aliphatic heterocycles. The Bertz CT molecular complexity index is 183. The molecule has 2 rings (SSSR count). The van der Waals surface area contributed by atoms with Crippen molar-refractivity contribution < 1.29 is 9.53 Å². The number of carbonyl (C=O) groups excluding carboxylic acids is 1. The third-order valence-corrected chi connectivity index (χ3v) is 2.31. The van der Waals surface area contributed by atoms with Crippen molar-refractivity contribution in [3.8, 4) is 0 Å². The molecule has 0 atom stereocenters. The smallest absolute Gasteiger partial charge is 0.311 e. The van der Waals surface area contributed by atoms with E-state index in [9.17, 15) is 4.79 Å². The van der Waals surface area contributed by atoms with E-state index in [4.69, 9.17) is 4.74 Å². The van der Waals surface area contributed by atoms with E-state index in [1.807, 2.05) is 0 Å². The van der Waals surface area contributed by atoms with Crippen LogP contribution in [-0.2, 0) is 9.53 Å². The molecule has 2 heteroatoms. The molecule has 2 aliphatic rings. The Morgan fingerprint density at radius 2 is 2.10 bits per heavy atom. The minimum absolute atomic E-state index is 0.0891. The van der Waals surface area contributed by atoms with Crippen LogP contribution in [0.2, 0.25) is 0 Å². The fourth-order valence-corrected chi connectivity index (χ4v) is 1.55. The molecule has 2 fully saturated rings. The molecule has 1 aliphatic carbocycles. The highest BCUT2D eigenvalue weighted by molar-refractivity contribution is 5.73. The van der Waals surface area contributed by atoms with Crippen molar-refractivity contribution in [2.24, 2.45) is 5.41 Å². The van der Waals surface area contributed by atoms with Crippen LogP contribution in [-0.4, -0.2) is 5.97 Å². The van der Waals surface area contributed by atoms with Crippen LogP contribution in [0.3, 0.4) is 0 Å². The third kappa shape index (κ3) is 0.838. The first kappa shape index (κ1) is 5.96. The van der Waals surface area contributed by atoms with Crippen LogP contribution in [0.25, 0.3) is 0 Å². The van der Waals surface area contributed by atoms with Crippen LogP contribution >= 0.6 is 0 Å². The van der Waals surface area contributed by atoms with Gasteiger partial charge in [0.2, 0.25) is 0 Å². The highest BCUT2D eigenvalue weighted by atomic mass is 16.5. The van der Waals surface area contributed by atoms with E-state index in [1.54, 1.807) is 0 Å². The number of rotatable bonds is 0. The summed E-state index contributed by atoms with van der Waals surface area (Å²) in [6.07, 6.45) is 3.88. The largest absolute Gasteiger partial charge is 0.432 e. The van der Waals surface area contributed by atoms with Crippen LogP contribution in [0.1, 0.15) is 25.7 Å². The van der Waals surface area contributed by atoms with Gasteiger partial charge in [-0.2, -0.15) is 0 Å². The summed E-state index contributed by atoms with van der Waals surface area (Å²) in [5.41, 5.74) is 0.298. The number of carbonyl (C=O) groups is 1. The molecule has 10 heavy (non-hydrogen) atoms. The minimum atomic E-state index is -0.0891. The number of cyclic esters (lactones) is 1. The standard InChI is InChI=1S/C8H10O2/c1-6-4-8(2-3-8)5-7(9)10-6/h1-5H2. The van der Waals surface area contributed by atoms with E-state index in [1.165, 1.54) is 12.8 Å². The number of hydrogen-bond acceptors (Lipinski definition) is 2. The van der Waals surface area contributed by atoms with E-state index in [0.29, 0.717) is 17.6 Å². The van der Waals surface area contributed by atoms with Gasteiger partial charge in [0.15, 0.2) is 0 Å². The predicted molar refractivity (Wildman–Crippen MR) is 36.1 cm³/mol. The Balaban J connectivity index is 2.14. The van der Waals surface area contributed by atoms with Gasteiger partial charge in [0, 0.05) is 6.42 Å². The van der Waals surface area contributed by atoms with Crippen molar-refractivity contribution in [2.45, 2.75) is 25.7 Å². The lowest BCUT2D eigenvalue weighted by Gasteiger charge is -2.21. The summed E-state index contributed by atoms with van der Waals surface area (Å²) in [5.74, 6) is 0.572. The van der Waals surface area contributed by atoms with Crippen LogP contribution < -0.4 is 0 Å². The first-order valence-electron chi connectivity index (χ1n) is 3.59. The second-order valence-corrected chi connectivity index (χ2v) is 3.37. The molecule has 0 aromatic heterocycles. The molecule has 1 saturated heterocycles. The Kier molecular flexibility index (Phi) is 0.967. The summed E-state index contributed by atoms with van der Waals surface area (Å²) in [6, 6.07) is 0. The predicted octanol–water partition coefficient (Wildman–Crippen LogP) is 1.62. The van der Waals surface area contributed by atoms with Crippen LogP contribution in [0.4, 0.5) is 0 Å². The molecule has 1 heterocycles. The minimum Gasteiger partial charge on any atom is -0.432 e. The molecule has 54 valence electrons. The summed E-state index contributed by atoms with van der Waals surface area (Å²) in [6.45, 7) is 3.66. The molecule has 0 amide bonds. The van der Waals surface area contributed by atoms with E-state index < -0.39 is 0 Å². The van der Waals surface area contributed by atoms with Crippen molar-refractivity contribution in [3.05, 3.63) is 12.3 Å². The Hall–Kier alpha value is -0.790. The third-order valence-electron chi connectivity index (χ3n) is 2.31. The molecular weight excluding hydrogens is 128 g/mol. The summed E-state index contributed by atoms with van der Waals surface area (Å²) >= 11 is 0. The van der Waals surface area contributed by atoms with Crippen LogP contribution in [0, 0.1) is 5.41 Å². The maximum absolute atomic E-state index is 10.8. The first-order chi connectivity index (χ1) is 4.70. The summed E-state index contributed by atoms with van der Waals surface area (Å²) in [7, 11) is 0. The lowest BCUT2D eigenvalue weighted by molar-refractivity contribution is -0.144. The van der Waals surface area contributed by atoms with Gasteiger partial charge in [-0.25, -0.2) is 0 Å². The van der Waals surface area contributed by atoms with E-state index in [0.717, 1.165) is 6.42 Å². The second-order valence-electron chi connectivity index (χ2n) is 3.37. The summed E-state index contributed by atoms with van der Waals surface area (Å²) in [5, 5.41) is 0. The molecule has 0 unspecified atom stereocenters. The van der Waals surface area contributed by atoms with E-state index in [-0.39, 0.29) is 5.97 Å². The maximum Gasteiger partial charge on any atom is 0.311 e. The molecule has 0 N–H and O–H groups in total. The van der Waals surface area contributed by atoms with Gasteiger partial charge in [-0.3, -0.25) is 4.79 Å². The van der Waals surface area contributed by atoms with Gasteiger partial charge in [-0.05, 0) is 18.3 Å².